The number of methoxy groups -OCH3 is 1. The van der Waals surface area contributed by atoms with E-state index < -0.39 is 0 Å². The number of hydrogen-bond donors (Lipinski definition) is 1. The van der Waals surface area contributed by atoms with Crippen molar-refractivity contribution in [1.82, 2.24) is 0 Å². The van der Waals surface area contributed by atoms with Crippen molar-refractivity contribution < 1.29 is 9.47 Å². The lowest BCUT2D eigenvalue weighted by Crippen LogP contribution is -2.12. The average Bonchev–Trinajstić information content (AvgIpc) is 2.28. The van der Waals surface area contributed by atoms with Crippen LogP contribution in [0.3, 0.4) is 0 Å². The molecule has 3 heteroatoms. The lowest BCUT2D eigenvalue weighted by Gasteiger charge is -2.18. The summed E-state index contributed by atoms with van der Waals surface area (Å²) in [4.78, 5) is 0. The highest BCUT2D eigenvalue weighted by Gasteiger charge is 2.08. The van der Waals surface area contributed by atoms with E-state index in [1.807, 2.05) is 18.2 Å². The van der Waals surface area contributed by atoms with Crippen LogP contribution in [0.4, 0.5) is 5.69 Å². The van der Waals surface area contributed by atoms with Crippen molar-refractivity contribution in [3.05, 3.63) is 24.3 Å². The van der Waals surface area contributed by atoms with Gasteiger partial charge in [0.1, 0.15) is 12.4 Å². The number of ether oxygens (including phenoxy) is 2. The van der Waals surface area contributed by atoms with Gasteiger partial charge in [0.2, 0.25) is 0 Å². The van der Waals surface area contributed by atoms with Crippen molar-refractivity contribution in [2.75, 3.05) is 32.2 Å². The minimum absolute atomic E-state index is 0.361. The third kappa shape index (κ3) is 6.50. The zero-order valence-electron chi connectivity index (χ0n) is 12.0. The number of anilines is 1. The van der Waals surface area contributed by atoms with Crippen LogP contribution in [0.5, 0.6) is 5.75 Å². The molecule has 0 saturated heterocycles. The van der Waals surface area contributed by atoms with Gasteiger partial charge < -0.3 is 14.8 Å². The molecular weight excluding hydrogens is 226 g/mol. The van der Waals surface area contributed by atoms with E-state index in [1.165, 1.54) is 0 Å². The Labute approximate surface area is 110 Å². The summed E-state index contributed by atoms with van der Waals surface area (Å²) in [5.41, 5.74) is 1.47. The third-order valence-electron chi connectivity index (χ3n) is 2.59. The molecule has 3 nitrogen and oxygen atoms in total. The van der Waals surface area contributed by atoms with Gasteiger partial charge in [-0.15, -0.1) is 0 Å². The highest BCUT2D eigenvalue weighted by Crippen LogP contribution is 2.20. The Kier molecular flexibility index (Phi) is 5.99. The van der Waals surface area contributed by atoms with Crippen molar-refractivity contribution in [2.45, 2.75) is 27.2 Å². The van der Waals surface area contributed by atoms with Crippen LogP contribution in [0.25, 0.3) is 0 Å². The fraction of sp³-hybridized carbons (Fsp3) is 0.600. The van der Waals surface area contributed by atoms with Gasteiger partial charge in [0.15, 0.2) is 0 Å². The average molecular weight is 251 g/mol. The summed E-state index contributed by atoms with van der Waals surface area (Å²) in [6.07, 6.45) is 1.14. The molecule has 0 aliphatic rings. The molecule has 18 heavy (non-hydrogen) atoms. The van der Waals surface area contributed by atoms with E-state index in [1.54, 1.807) is 7.11 Å². The molecule has 0 aliphatic carbocycles. The summed E-state index contributed by atoms with van der Waals surface area (Å²) in [5, 5.41) is 3.42. The van der Waals surface area contributed by atoms with Crippen molar-refractivity contribution in [2.24, 2.45) is 5.41 Å². The van der Waals surface area contributed by atoms with E-state index >= 15 is 0 Å². The molecule has 0 spiro atoms. The van der Waals surface area contributed by atoms with E-state index in [-0.39, 0.29) is 0 Å². The molecular formula is C15H25NO2. The van der Waals surface area contributed by atoms with Crippen LogP contribution in [0, 0.1) is 5.41 Å². The van der Waals surface area contributed by atoms with Crippen molar-refractivity contribution in [3.8, 4) is 5.75 Å². The molecule has 0 radical (unpaired) electrons. The quantitative estimate of drug-likeness (QED) is 0.752. The maximum absolute atomic E-state index is 5.57. The fourth-order valence-electron chi connectivity index (χ4n) is 1.52. The smallest absolute Gasteiger partial charge is 0.121 e. The number of hydrogen-bond acceptors (Lipinski definition) is 3. The molecule has 0 heterocycles. The normalized spacial score (nSPS) is 11.3. The highest BCUT2D eigenvalue weighted by molar-refractivity contribution is 5.48. The predicted octanol–water partition coefficient (Wildman–Crippen LogP) is 3.56. The third-order valence-corrected chi connectivity index (χ3v) is 2.59. The molecule has 0 unspecified atom stereocenters. The molecule has 1 rings (SSSR count). The summed E-state index contributed by atoms with van der Waals surface area (Å²) in [6, 6.07) is 8.05. The lowest BCUT2D eigenvalue weighted by molar-refractivity contribution is 0.146. The van der Waals surface area contributed by atoms with Gasteiger partial charge in [0.25, 0.3) is 0 Å². The molecule has 1 aromatic carbocycles. The van der Waals surface area contributed by atoms with Gasteiger partial charge in [-0.3, -0.25) is 0 Å². The second-order valence-electron chi connectivity index (χ2n) is 5.61. The predicted molar refractivity (Wildman–Crippen MR) is 76.4 cm³/mol. The first-order valence-electron chi connectivity index (χ1n) is 6.47. The lowest BCUT2D eigenvalue weighted by atomic mass is 9.92. The van der Waals surface area contributed by atoms with E-state index in [0.29, 0.717) is 18.6 Å². The summed E-state index contributed by atoms with van der Waals surface area (Å²) >= 11 is 0. The number of rotatable bonds is 7. The van der Waals surface area contributed by atoms with Crippen LogP contribution in [0.15, 0.2) is 24.3 Å². The molecule has 0 aromatic heterocycles. The Bertz CT molecular complexity index is 345. The van der Waals surface area contributed by atoms with Gasteiger partial charge in [-0.25, -0.2) is 0 Å². The largest absolute Gasteiger partial charge is 0.491 e. The molecule has 0 saturated carbocycles. The van der Waals surface area contributed by atoms with Crippen LogP contribution in [-0.2, 0) is 4.74 Å². The van der Waals surface area contributed by atoms with Gasteiger partial charge >= 0.3 is 0 Å². The van der Waals surface area contributed by atoms with Gasteiger partial charge in [0.05, 0.1) is 6.61 Å². The van der Waals surface area contributed by atoms with E-state index in [9.17, 15) is 0 Å². The summed E-state index contributed by atoms with van der Waals surface area (Å²) in [5.74, 6) is 0.882. The van der Waals surface area contributed by atoms with Crippen molar-refractivity contribution in [3.63, 3.8) is 0 Å². The molecule has 0 aliphatic heterocycles. The Hall–Kier alpha value is -1.22. The first-order valence-corrected chi connectivity index (χ1v) is 6.47. The topological polar surface area (TPSA) is 30.5 Å². The second kappa shape index (κ2) is 7.27. The molecule has 1 aromatic rings. The number of nitrogens with one attached hydrogen (secondary N) is 1. The summed E-state index contributed by atoms with van der Waals surface area (Å²) in [6.45, 7) is 8.92. The Morgan fingerprint density at radius 2 is 1.94 bits per heavy atom. The highest BCUT2D eigenvalue weighted by atomic mass is 16.5. The first-order chi connectivity index (χ1) is 8.51. The standard InChI is InChI=1S/C15H25NO2/c1-15(2,3)8-9-16-13-6-5-7-14(12-13)18-11-10-17-4/h5-7,12,16H,8-11H2,1-4H3. The van der Waals surface area contributed by atoms with Crippen LogP contribution >= 0.6 is 0 Å². The van der Waals surface area contributed by atoms with Crippen molar-refractivity contribution >= 4 is 5.69 Å². The SMILES string of the molecule is COCCOc1cccc(NCCC(C)(C)C)c1. The summed E-state index contributed by atoms with van der Waals surface area (Å²) < 4.78 is 10.5. The van der Waals surface area contributed by atoms with Gasteiger partial charge in [0, 0.05) is 25.4 Å². The molecule has 0 fully saturated rings. The minimum Gasteiger partial charge on any atom is -0.491 e. The molecule has 1 N–H and O–H groups in total. The molecule has 0 atom stereocenters. The monoisotopic (exact) mass is 251 g/mol. The van der Waals surface area contributed by atoms with Gasteiger partial charge in [-0.2, -0.15) is 0 Å². The zero-order chi connectivity index (χ0) is 13.4. The van der Waals surface area contributed by atoms with Gasteiger partial charge in [-0.1, -0.05) is 26.8 Å². The molecule has 102 valence electrons. The van der Waals surface area contributed by atoms with Crippen LogP contribution in [0.1, 0.15) is 27.2 Å². The second-order valence-corrected chi connectivity index (χ2v) is 5.61. The van der Waals surface area contributed by atoms with Crippen LogP contribution in [-0.4, -0.2) is 26.9 Å². The fourth-order valence-corrected chi connectivity index (χ4v) is 1.52. The van der Waals surface area contributed by atoms with Crippen LogP contribution < -0.4 is 10.1 Å². The van der Waals surface area contributed by atoms with E-state index in [0.717, 1.165) is 24.4 Å². The number of benzene rings is 1. The molecule has 0 bridgehead atoms. The van der Waals surface area contributed by atoms with Crippen LogP contribution in [0.2, 0.25) is 0 Å². The minimum atomic E-state index is 0.361. The zero-order valence-corrected chi connectivity index (χ0v) is 12.0. The summed E-state index contributed by atoms with van der Waals surface area (Å²) in [7, 11) is 1.67. The molecule has 0 amide bonds. The Morgan fingerprint density at radius 3 is 2.61 bits per heavy atom. The van der Waals surface area contributed by atoms with Gasteiger partial charge in [-0.05, 0) is 24.0 Å². The maximum atomic E-state index is 5.57. The maximum Gasteiger partial charge on any atom is 0.121 e. The first kappa shape index (κ1) is 14.8. The van der Waals surface area contributed by atoms with E-state index in [4.69, 9.17) is 9.47 Å². The Morgan fingerprint density at radius 1 is 1.17 bits per heavy atom. The Balaban J connectivity index is 2.39. The van der Waals surface area contributed by atoms with Crippen molar-refractivity contribution in [1.29, 1.82) is 0 Å². The van der Waals surface area contributed by atoms with E-state index in [2.05, 4.69) is 32.2 Å².